The number of hydrogen-bond donors (Lipinski definition) is 0. The predicted octanol–water partition coefficient (Wildman–Crippen LogP) is 2.70. The van der Waals surface area contributed by atoms with Crippen LogP contribution in [0.1, 0.15) is 0 Å². The van der Waals surface area contributed by atoms with E-state index in [-0.39, 0.29) is 0 Å². The Balaban J connectivity index is 2.67. The molecule has 0 aromatic heterocycles. The fourth-order valence-corrected chi connectivity index (χ4v) is 1.23. The molecular formula is C6H3BrN3. The second kappa shape index (κ2) is 2.05. The Bertz CT molecular complexity index is 295. The monoisotopic (exact) mass is 196 g/mol. The molecule has 3 nitrogen and oxygen atoms in total. The number of benzene rings is 1. The maximum Gasteiger partial charge on any atom is 0.129 e. The van der Waals surface area contributed by atoms with Crippen LogP contribution in [-0.2, 0) is 0 Å². The Morgan fingerprint density at radius 3 is 3.00 bits per heavy atom. The van der Waals surface area contributed by atoms with Crippen molar-refractivity contribution < 1.29 is 0 Å². The molecule has 2 rings (SSSR count). The molecule has 1 aliphatic rings. The summed E-state index contributed by atoms with van der Waals surface area (Å²) in [7, 11) is 0. The molecule has 0 atom stereocenters. The Morgan fingerprint density at radius 2 is 2.20 bits per heavy atom. The van der Waals surface area contributed by atoms with Gasteiger partial charge in [0.2, 0.25) is 0 Å². The fraction of sp³-hybridized carbons (Fsp3) is 0. The summed E-state index contributed by atoms with van der Waals surface area (Å²) in [4.78, 5) is 0. The Labute approximate surface area is 66.3 Å². The van der Waals surface area contributed by atoms with E-state index in [0.717, 1.165) is 15.8 Å². The van der Waals surface area contributed by atoms with Crippen LogP contribution in [0.2, 0.25) is 0 Å². The van der Waals surface area contributed by atoms with Crippen molar-refractivity contribution >= 4 is 27.3 Å². The molecule has 10 heavy (non-hydrogen) atoms. The number of fused-ring (bicyclic) bond motifs is 1. The summed E-state index contributed by atoms with van der Waals surface area (Å²) in [6, 6.07) is 5.70. The quantitative estimate of drug-likeness (QED) is 0.613. The van der Waals surface area contributed by atoms with Gasteiger partial charge in [-0.25, -0.2) is 0 Å². The van der Waals surface area contributed by atoms with Crippen molar-refractivity contribution in [2.75, 3.05) is 0 Å². The van der Waals surface area contributed by atoms with Crippen LogP contribution in [0.5, 0.6) is 0 Å². The van der Waals surface area contributed by atoms with Crippen LogP contribution in [0, 0.1) is 0 Å². The normalized spacial score (nSPS) is 12.9. The highest BCUT2D eigenvalue weighted by Gasteiger charge is 2.10. The first kappa shape index (κ1) is 5.85. The lowest BCUT2D eigenvalue weighted by molar-refractivity contribution is 0.923. The lowest BCUT2D eigenvalue weighted by Gasteiger charge is -1.93. The molecule has 0 saturated heterocycles. The molecule has 1 aromatic carbocycles. The molecule has 0 saturated carbocycles. The van der Waals surface area contributed by atoms with E-state index < -0.39 is 0 Å². The van der Waals surface area contributed by atoms with Gasteiger partial charge in [-0.3, -0.25) is 0 Å². The van der Waals surface area contributed by atoms with Gasteiger partial charge in [0.1, 0.15) is 11.4 Å². The van der Waals surface area contributed by atoms with Gasteiger partial charge < -0.3 is 0 Å². The summed E-state index contributed by atoms with van der Waals surface area (Å²) < 4.78 is 0.940. The first-order valence-electron chi connectivity index (χ1n) is 2.78. The molecule has 0 fully saturated rings. The zero-order chi connectivity index (χ0) is 6.97. The second-order valence-electron chi connectivity index (χ2n) is 1.90. The lowest BCUT2D eigenvalue weighted by atomic mass is 10.3. The van der Waals surface area contributed by atoms with Gasteiger partial charge in [-0.2, -0.15) is 0 Å². The topological polar surface area (TPSA) is 38.8 Å². The van der Waals surface area contributed by atoms with Crippen LogP contribution in [0.4, 0.5) is 11.4 Å². The van der Waals surface area contributed by atoms with Gasteiger partial charge in [-0.15, -0.1) is 10.5 Å². The molecule has 1 aromatic rings. The molecule has 1 heterocycles. The van der Waals surface area contributed by atoms with Gasteiger partial charge in [0, 0.05) is 4.47 Å². The van der Waals surface area contributed by atoms with Crippen molar-refractivity contribution in [1.29, 1.82) is 0 Å². The van der Waals surface area contributed by atoms with Crippen LogP contribution in [0.15, 0.2) is 33.0 Å². The van der Waals surface area contributed by atoms with E-state index in [9.17, 15) is 0 Å². The minimum Gasteiger partial charge on any atom is -0.128 e. The molecule has 0 N–H and O–H groups in total. The number of halogens is 1. The minimum atomic E-state index is 0.822. The maximum atomic E-state index is 3.81. The van der Waals surface area contributed by atoms with E-state index in [1.165, 1.54) is 0 Å². The van der Waals surface area contributed by atoms with Crippen molar-refractivity contribution in [3.05, 3.63) is 22.7 Å². The van der Waals surface area contributed by atoms with E-state index in [2.05, 4.69) is 31.7 Å². The molecular weight excluding hydrogens is 194 g/mol. The zero-order valence-corrected chi connectivity index (χ0v) is 6.54. The van der Waals surface area contributed by atoms with Gasteiger partial charge >= 0.3 is 0 Å². The van der Waals surface area contributed by atoms with E-state index in [1.54, 1.807) is 0 Å². The highest BCUT2D eigenvalue weighted by atomic mass is 79.9. The molecule has 4 heteroatoms. The molecule has 49 valence electrons. The van der Waals surface area contributed by atoms with E-state index in [0.29, 0.717) is 0 Å². The van der Waals surface area contributed by atoms with Crippen LogP contribution >= 0.6 is 15.9 Å². The average Bonchev–Trinajstić information content (AvgIpc) is 2.36. The molecule has 0 aliphatic carbocycles. The maximum absolute atomic E-state index is 3.81. The first-order chi connectivity index (χ1) is 4.88. The van der Waals surface area contributed by atoms with Crippen LogP contribution in [0.3, 0.4) is 0 Å². The summed E-state index contributed by atoms with van der Waals surface area (Å²) >= 11 is 3.33. The fourth-order valence-electron chi connectivity index (χ4n) is 0.799. The summed E-state index contributed by atoms with van der Waals surface area (Å²) in [6.07, 6.45) is 0. The van der Waals surface area contributed by atoms with Crippen molar-refractivity contribution in [3.8, 4) is 0 Å². The van der Waals surface area contributed by atoms with E-state index in [4.69, 9.17) is 0 Å². The average molecular weight is 197 g/mol. The summed E-state index contributed by atoms with van der Waals surface area (Å²) in [6.45, 7) is 0. The molecule has 0 spiro atoms. The molecule has 0 amide bonds. The Hall–Kier alpha value is -0.900. The van der Waals surface area contributed by atoms with Crippen molar-refractivity contribution in [3.63, 3.8) is 0 Å². The van der Waals surface area contributed by atoms with Crippen molar-refractivity contribution in [1.82, 2.24) is 5.43 Å². The Kier molecular flexibility index (Phi) is 1.20. The molecule has 1 aliphatic heterocycles. The molecule has 1 radical (unpaired) electrons. The standard InChI is InChI=1S/C6H3BrN3/c7-4-2-1-3-5-6(4)9-10-8-5/h1-3H. The van der Waals surface area contributed by atoms with Crippen molar-refractivity contribution in [2.24, 2.45) is 10.3 Å². The van der Waals surface area contributed by atoms with E-state index >= 15 is 0 Å². The van der Waals surface area contributed by atoms with Gasteiger partial charge in [0.25, 0.3) is 0 Å². The largest absolute Gasteiger partial charge is 0.129 e. The van der Waals surface area contributed by atoms with Gasteiger partial charge in [0.15, 0.2) is 0 Å². The number of rotatable bonds is 0. The zero-order valence-electron chi connectivity index (χ0n) is 4.95. The summed E-state index contributed by atoms with van der Waals surface area (Å²) in [5.41, 5.74) is 5.44. The van der Waals surface area contributed by atoms with E-state index in [1.807, 2.05) is 18.2 Å². The van der Waals surface area contributed by atoms with Crippen LogP contribution in [-0.4, -0.2) is 0 Å². The summed E-state index contributed by atoms with van der Waals surface area (Å²) in [5, 5.41) is 7.34. The van der Waals surface area contributed by atoms with Gasteiger partial charge in [-0.1, -0.05) is 6.07 Å². The summed E-state index contributed by atoms with van der Waals surface area (Å²) in [5.74, 6) is 0. The first-order valence-corrected chi connectivity index (χ1v) is 3.57. The minimum absolute atomic E-state index is 0.822. The smallest absolute Gasteiger partial charge is 0.128 e. The van der Waals surface area contributed by atoms with Gasteiger partial charge in [-0.05, 0) is 33.3 Å². The van der Waals surface area contributed by atoms with Crippen molar-refractivity contribution in [2.45, 2.75) is 0 Å². The third-order valence-corrected chi connectivity index (χ3v) is 1.90. The van der Waals surface area contributed by atoms with Crippen LogP contribution in [0.25, 0.3) is 0 Å². The third-order valence-electron chi connectivity index (χ3n) is 1.26. The van der Waals surface area contributed by atoms with Crippen LogP contribution < -0.4 is 5.43 Å². The number of nitrogens with zero attached hydrogens (tertiary/aromatic N) is 3. The lowest BCUT2D eigenvalue weighted by Crippen LogP contribution is -1.77. The molecule has 0 bridgehead atoms. The Morgan fingerprint density at radius 1 is 1.30 bits per heavy atom. The SMILES string of the molecule is Brc1cccc2c1N=N[N]2. The predicted molar refractivity (Wildman–Crippen MR) is 40.5 cm³/mol. The highest BCUT2D eigenvalue weighted by molar-refractivity contribution is 9.10. The third kappa shape index (κ3) is 0.724. The highest BCUT2D eigenvalue weighted by Crippen LogP contribution is 2.36. The van der Waals surface area contributed by atoms with Gasteiger partial charge in [0.05, 0.1) is 0 Å². The molecule has 0 unspecified atom stereocenters. The second-order valence-corrected chi connectivity index (χ2v) is 2.75. The number of hydrogen-bond acceptors (Lipinski definition) is 2.